The van der Waals surface area contributed by atoms with Gasteiger partial charge >= 0.3 is 0 Å². The molecule has 1 unspecified atom stereocenters. The molecule has 0 radical (unpaired) electrons. The normalized spacial score (nSPS) is 12.1. The Kier molecular flexibility index (Phi) is 7.69. The molecular formula is C35H28F3N3O3. The first-order valence-corrected chi connectivity index (χ1v) is 14.1. The van der Waals surface area contributed by atoms with E-state index in [4.69, 9.17) is 0 Å². The average Bonchev–Trinajstić information content (AvgIpc) is 3.39. The molecule has 0 aliphatic rings. The fourth-order valence-corrected chi connectivity index (χ4v) is 5.90. The number of para-hydroxylation sites is 2. The van der Waals surface area contributed by atoms with E-state index in [1.165, 1.54) is 28.8 Å². The predicted molar refractivity (Wildman–Crippen MR) is 164 cm³/mol. The van der Waals surface area contributed by atoms with E-state index in [1.54, 1.807) is 43.4 Å². The van der Waals surface area contributed by atoms with Gasteiger partial charge in [-0.25, -0.2) is 13.2 Å². The number of benzene rings is 4. The number of pyridine rings is 1. The highest BCUT2D eigenvalue weighted by molar-refractivity contribution is 5.94. The van der Waals surface area contributed by atoms with Crippen molar-refractivity contribution in [2.45, 2.75) is 18.8 Å². The number of halogens is 3. The second kappa shape index (κ2) is 11.8. The molecule has 0 aliphatic carbocycles. The number of nitrogens with zero attached hydrogens (tertiary/aromatic N) is 1. The third kappa shape index (κ3) is 5.10. The molecule has 0 fully saturated rings. The first-order chi connectivity index (χ1) is 21.3. The van der Waals surface area contributed by atoms with Gasteiger partial charge in [0.25, 0.3) is 11.5 Å². The van der Waals surface area contributed by atoms with E-state index >= 15 is 0 Å². The van der Waals surface area contributed by atoms with Gasteiger partial charge in [-0.15, -0.1) is 0 Å². The van der Waals surface area contributed by atoms with E-state index in [1.807, 2.05) is 24.3 Å². The smallest absolute Gasteiger partial charge is 0.258 e. The summed E-state index contributed by atoms with van der Waals surface area (Å²) in [5.74, 6) is -4.59. The molecule has 2 heterocycles. The number of amides is 1. The van der Waals surface area contributed by atoms with Crippen molar-refractivity contribution in [3.8, 4) is 5.75 Å². The molecule has 0 saturated heterocycles. The van der Waals surface area contributed by atoms with Gasteiger partial charge in [0.05, 0.1) is 22.6 Å². The van der Waals surface area contributed by atoms with Crippen molar-refractivity contribution >= 4 is 27.7 Å². The highest BCUT2D eigenvalue weighted by atomic mass is 19.2. The van der Waals surface area contributed by atoms with E-state index in [-0.39, 0.29) is 23.4 Å². The van der Waals surface area contributed by atoms with Crippen LogP contribution in [0.15, 0.2) is 95.8 Å². The molecule has 4 aromatic carbocycles. The van der Waals surface area contributed by atoms with Crippen LogP contribution in [-0.2, 0) is 13.5 Å². The molecule has 0 bridgehead atoms. The van der Waals surface area contributed by atoms with Gasteiger partial charge in [0.2, 0.25) is 0 Å². The van der Waals surface area contributed by atoms with E-state index in [9.17, 15) is 27.9 Å². The van der Waals surface area contributed by atoms with Crippen LogP contribution in [0, 0.1) is 17.5 Å². The maximum Gasteiger partial charge on any atom is 0.258 e. The molecule has 2 aromatic heterocycles. The fraction of sp³-hybridized carbons (Fsp3) is 0.143. The lowest BCUT2D eigenvalue weighted by atomic mass is 9.85. The van der Waals surface area contributed by atoms with Crippen molar-refractivity contribution in [1.82, 2.24) is 14.9 Å². The summed E-state index contributed by atoms with van der Waals surface area (Å²) in [6.45, 7) is 0.154. The van der Waals surface area contributed by atoms with Crippen LogP contribution in [0.5, 0.6) is 5.75 Å². The molecule has 3 N–H and O–H groups in total. The van der Waals surface area contributed by atoms with E-state index in [0.717, 1.165) is 22.5 Å². The zero-order valence-corrected chi connectivity index (χ0v) is 23.7. The topological polar surface area (TPSA) is 87.1 Å². The van der Waals surface area contributed by atoms with Gasteiger partial charge in [-0.05, 0) is 66.4 Å². The van der Waals surface area contributed by atoms with Crippen molar-refractivity contribution in [3.63, 3.8) is 0 Å². The van der Waals surface area contributed by atoms with Crippen LogP contribution in [-0.4, -0.2) is 27.1 Å². The number of fused-ring (bicyclic) bond motifs is 2. The molecule has 0 spiro atoms. The Labute approximate surface area is 250 Å². The van der Waals surface area contributed by atoms with Gasteiger partial charge in [-0.1, -0.05) is 48.5 Å². The molecule has 44 heavy (non-hydrogen) atoms. The molecule has 0 aliphatic heterocycles. The molecule has 222 valence electrons. The number of aryl methyl sites for hydroxylation is 2. The number of carbonyl (C=O) groups is 1. The maximum absolute atomic E-state index is 14.7. The van der Waals surface area contributed by atoms with Crippen molar-refractivity contribution in [2.75, 3.05) is 6.54 Å². The lowest BCUT2D eigenvalue weighted by Crippen LogP contribution is -2.26. The van der Waals surface area contributed by atoms with Crippen LogP contribution in [0.2, 0.25) is 0 Å². The lowest BCUT2D eigenvalue weighted by molar-refractivity contribution is 0.0948. The highest BCUT2D eigenvalue weighted by Crippen LogP contribution is 2.41. The molecule has 0 saturated carbocycles. The monoisotopic (exact) mass is 595 g/mol. The minimum atomic E-state index is -1.21. The van der Waals surface area contributed by atoms with Gasteiger partial charge < -0.3 is 20.0 Å². The minimum Gasteiger partial charge on any atom is -0.507 e. The molecule has 1 amide bonds. The van der Waals surface area contributed by atoms with Crippen LogP contribution in [0.3, 0.4) is 0 Å². The van der Waals surface area contributed by atoms with Gasteiger partial charge in [-0.2, -0.15) is 0 Å². The average molecular weight is 596 g/mol. The van der Waals surface area contributed by atoms with Gasteiger partial charge in [0.1, 0.15) is 11.6 Å². The Bertz CT molecular complexity index is 2100. The second-order valence-corrected chi connectivity index (χ2v) is 10.7. The Morgan fingerprint density at radius 1 is 0.932 bits per heavy atom. The highest BCUT2D eigenvalue weighted by Gasteiger charge is 2.30. The van der Waals surface area contributed by atoms with Crippen LogP contribution in [0.4, 0.5) is 13.2 Å². The summed E-state index contributed by atoms with van der Waals surface area (Å²) in [6.07, 6.45) is 0.820. The van der Waals surface area contributed by atoms with Crippen molar-refractivity contribution in [1.29, 1.82) is 0 Å². The van der Waals surface area contributed by atoms with Gasteiger partial charge in [0.15, 0.2) is 11.6 Å². The lowest BCUT2D eigenvalue weighted by Gasteiger charge is -2.22. The Hall–Kier alpha value is -5.31. The Balaban J connectivity index is 1.44. The van der Waals surface area contributed by atoms with Crippen LogP contribution in [0.25, 0.3) is 21.8 Å². The predicted octanol–water partition coefficient (Wildman–Crippen LogP) is 6.69. The number of aromatic hydroxyl groups is 1. The molecule has 6 rings (SSSR count). The standard InChI is InChI=1S/C35H28F3N3O3/c1-41-28-17-5-3-12-24(28)33(42)30(35(41)44)29(20-9-6-10-21(36)19-20)32-23(22-11-2-4-16-27(22)40-32)14-8-18-39-34(43)25-13-7-15-26(37)31(25)38/h2-7,9-13,15-17,19,29,40,42H,8,14,18H2,1H3,(H,39,43). The summed E-state index contributed by atoms with van der Waals surface area (Å²) < 4.78 is 43.9. The third-order valence-electron chi connectivity index (χ3n) is 8.00. The number of carbonyl (C=O) groups excluding carboxylic acids is 1. The quantitative estimate of drug-likeness (QED) is 0.172. The second-order valence-electron chi connectivity index (χ2n) is 10.7. The Morgan fingerprint density at radius 3 is 2.45 bits per heavy atom. The summed E-state index contributed by atoms with van der Waals surface area (Å²) in [7, 11) is 1.63. The van der Waals surface area contributed by atoms with Crippen molar-refractivity contribution < 1.29 is 23.1 Å². The van der Waals surface area contributed by atoms with E-state index < -0.39 is 34.8 Å². The first-order valence-electron chi connectivity index (χ1n) is 14.1. The minimum absolute atomic E-state index is 0.0967. The molecule has 6 nitrogen and oxygen atoms in total. The van der Waals surface area contributed by atoms with Crippen molar-refractivity contribution in [3.05, 3.63) is 147 Å². The number of hydrogen-bond donors (Lipinski definition) is 3. The van der Waals surface area contributed by atoms with Crippen LogP contribution >= 0.6 is 0 Å². The molecular weight excluding hydrogens is 567 g/mol. The summed E-state index contributed by atoms with van der Waals surface area (Å²) in [6, 6.07) is 23.9. The SMILES string of the molecule is Cn1c(=O)c(C(c2cccc(F)c2)c2[nH]c3ccccc3c2CCCNC(=O)c2cccc(F)c2F)c(O)c2ccccc21. The third-order valence-corrected chi connectivity index (χ3v) is 8.00. The number of H-pyrrole nitrogens is 1. The number of hydrogen-bond acceptors (Lipinski definition) is 3. The summed E-state index contributed by atoms with van der Waals surface area (Å²) in [5, 5.41) is 15.6. The van der Waals surface area contributed by atoms with E-state index in [2.05, 4.69) is 10.3 Å². The zero-order chi connectivity index (χ0) is 31.0. The number of nitrogens with one attached hydrogen (secondary N) is 2. The van der Waals surface area contributed by atoms with E-state index in [0.29, 0.717) is 35.0 Å². The number of rotatable bonds is 8. The fourth-order valence-electron chi connectivity index (χ4n) is 5.90. The molecule has 1 atom stereocenters. The maximum atomic E-state index is 14.7. The molecule has 9 heteroatoms. The zero-order valence-electron chi connectivity index (χ0n) is 23.7. The summed E-state index contributed by atoms with van der Waals surface area (Å²) in [4.78, 5) is 29.9. The number of aromatic amines is 1. The summed E-state index contributed by atoms with van der Waals surface area (Å²) >= 11 is 0. The van der Waals surface area contributed by atoms with Gasteiger partial charge in [-0.3, -0.25) is 9.59 Å². The van der Waals surface area contributed by atoms with Gasteiger partial charge in [0, 0.05) is 35.6 Å². The van der Waals surface area contributed by atoms with Crippen LogP contribution in [0.1, 0.15) is 45.1 Å². The largest absolute Gasteiger partial charge is 0.507 e. The first kappa shape index (κ1) is 28.8. The summed E-state index contributed by atoms with van der Waals surface area (Å²) in [5.41, 5.74) is 2.50. The van der Waals surface area contributed by atoms with Crippen molar-refractivity contribution in [2.24, 2.45) is 7.05 Å². The molecule has 6 aromatic rings. The van der Waals surface area contributed by atoms with Crippen LogP contribution < -0.4 is 10.9 Å². The number of aromatic nitrogens is 2. The Morgan fingerprint density at radius 2 is 1.66 bits per heavy atom.